The Kier molecular flexibility index (Phi) is 5.78. The number of carbonyl (C=O) groups excluding carboxylic acids is 1. The van der Waals surface area contributed by atoms with Crippen molar-refractivity contribution in [3.05, 3.63) is 0 Å². The van der Waals surface area contributed by atoms with Gasteiger partial charge >= 0.3 is 0 Å². The summed E-state index contributed by atoms with van der Waals surface area (Å²) >= 11 is 0. The number of piperidine rings is 1. The second-order valence-corrected chi connectivity index (χ2v) is 14.6. The Labute approximate surface area is 213 Å². The maximum atomic E-state index is 13.3. The largest absolute Gasteiger partial charge is 0.390 e. The molecule has 2 unspecified atom stereocenters. The summed E-state index contributed by atoms with van der Waals surface area (Å²) in [6.07, 6.45) is 14.4. The van der Waals surface area contributed by atoms with Crippen LogP contribution in [0.2, 0.25) is 0 Å². The Morgan fingerprint density at radius 3 is 2.46 bits per heavy atom. The second-order valence-electron chi connectivity index (χ2n) is 14.6. The molecular formula is C31H51NO3. The highest BCUT2D eigenvalue weighted by Crippen LogP contribution is 2.82. The minimum Gasteiger partial charge on any atom is -0.390 e. The minimum absolute atomic E-state index is 0.327. The molecule has 1 spiro atoms. The van der Waals surface area contributed by atoms with E-state index < -0.39 is 5.60 Å². The number of aliphatic hydroxyl groups is 1. The number of carbonyl (C=O) groups is 1. The zero-order chi connectivity index (χ0) is 24.8. The fraction of sp³-hybridized carbons (Fsp3) is 0.968. The molecule has 4 heteroatoms. The highest BCUT2D eigenvalue weighted by atomic mass is 16.5. The Hall–Kier alpha value is -0.610. The third kappa shape index (κ3) is 3.33. The molecule has 0 aromatic heterocycles. The average molecular weight is 486 g/mol. The van der Waals surface area contributed by atoms with Gasteiger partial charge in [-0.05, 0) is 117 Å². The number of ether oxygens (including phenoxy) is 1. The van der Waals surface area contributed by atoms with Crippen molar-refractivity contribution in [2.45, 2.75) is 116 Å². The predicted molar refractivity (Wildman–Crippen MR) is 139 cm³/mol. The van der Waals surface area contributed by atoms with Crippen molar-refractivity contribution in [3.63, 3.8) is 0 Å². The molecule has 0 aromatic carbocycles. The van der Waals surface area contributed by atoms with Crippen molar-refractivity contribution >= 4 is 5.91 Å². The molecule has 198 valence electrons. The van der Waals surface area contributed by atoms with Gasteiger partial charge in [0, 0.05) is 32.0 Å². The fourth-order valence-corrected chi connectivity index (χ4v) is 11.6. The summed E-state index contributed by atoms with van der Waals surface area (Å²) in [6, 6.07) is 0. The van der Waals surface area contributed by atoms with Gasteiger partial charge in [-0.25, -0.2) is 0 Å². The molecule has 6 rings (SSSR count). The van der Waals surface area contributed by atoms with Gasteiger partial charge in [-0.1, -0.05) is 27.7 Å². The fourth-order valence-electron chi connectivity index (χ4n) is 11.6. The number of hydrogen-bond donors (Lipinski definition) is 1. The van der Waals surface area contributed by atoms with Gasteiger partial charge in [0.1, 0.15) is 0 Å². The van der Waals surface area contributed by atoms with Crippen LogP contribution in [0.4, 0.5) is 0 Å². The summed E-state index contributed by atoms with van der Waals surface area (Å²) in [5.41, 5.74) is 0.831. The summed E-state index contributed by atoms with van der Waals surface area (Å²) in [6.45, 7) is 11.2. The van der Waals surface area contributed by atoms with Crippen LogP contribution in [0.3, 0.4) is 0 Å². The molecule has 0 radical (unpaired) electrons. The topological polar surface area (TPSA) is 49.8 Å². The first kappa shape index (κ1) is 24.7. The number of rotatable bonds is 5. The third-order valence-corrected chi connectivity index (χ3v) is 13.8. The zero-order valence-corrected chi connectivity index (χ0v) is 23.2. The molecule has 0 aromatic rings. The number of amides is 1. The van der Waals surface area contributed by atoms with E-state index in [0.717, 1.165) is 56.0 Å². The highest BCUT2D eigenvalue weighted by Gasteiger charge is 2.77. The van der Waals surface area contributed by atoms with Crippen molar-refractivity contribution in [3.8, 4) is 0 Å². The molecule has 6 fully saturated rings. The van der Waals surface area contributed by atoms with Crippen LogP contribution >= 0.6 is 0 Å². The smallest absolute Gasteiger partial charge is 0.222 e. The zero-order valence-electron chi connectivity index (χ0n) is 23.2. The van der Waals surface area contributed by atoms with Crippen LogP contribution in [-0.4, -0.2) is 47.8 Å². The summed E-state index contributed by atoms with van der Waals surface area (Å²) in [7, 11) is 1.99. The number of nitrogens with zero attached hydrogens (tertiary/aromatic N) is 1. The Bertz CT molecular complexity index is 850. The molecule has 10 atom stereocenters. The summed E-state index contributed by atoms with van der Waals surface area (Å²) in [5, 5.41) is 10.6. The lowest BCUT2D eigenvalue weighted by molar-refractivity contribution is -0.161. The van der Waals surface area contributed by atoms with E-state index in [-0.39, 0.29) is 0 Å². The van der Waals surface area contributed by atoms with Gasteiger partial charge in [-0.15, -0.1) is 0 Å². The number of likely N-dealkylation sites (tertiary alicyclic amines) is 1. The van der Waals surface area contributed by atoms with Gasteiger partial charge in [-0.2, -0.15) is 0 Å². The first-order valence-electron chi connectivity index (χ1n) is 15.1. The quantitative estimate of drug-likeness (QED) is 0.515. The molecule has 1 amide bonds. The molecule has 0 bridgehead atoms. The van der Waals surface area contributed by atoms with E-state index >= 15 is 0 Å². The van der Waals surface area contributed by atoms with E-state index in [2.05, 4.69) is 27.7 Å². The van der Waals surface area contributed by atoms with Crippen molar-refractivity contribution in [1.82, 2.24) is 4.90 Å². The van der Waals surface area contributed by atoms with Crippen molar-refractivity contribution in [2.24, 2.45) is 51.8 Å². The van der Waals surface area contributed by atoms with E-state index in [0.29, 0.717) is 46.5 Å². The van der Waals surface area contributed by atoms with E-state index in [1.165, 1.54) is 51.4 Å². The molecule has 1 heterocycles. The third-order valence-electron chi connectivity index (χ3n) is 13.8. The van der Waals surface area contributed by atoms with E-state index in [1.807, 2.05) is 12.0 Å². The highest BCUT2D eigenvalue weighted by molar-refractivity contribution is 5.76. The second kappa shape index (κ2) is 8.19. The molecule has 1 aliphatic heterocycles. The predicted octanol–water partition coefficient (Wildman–Crippen LogP) is 6.06. The number of methoxy groups -OCH3 is 1. The van der Waals surface area contributed by atoms with Crippen LogP contribution < -0.4 is 0 Å². The molecule has 6 aliphatic rings. The van der Waals surface area contributed by atoms with Gasteiger partial charge < -0.3 is 14.7 Å². The van der Waals surface area contributed by atoms with Crippen LogP contribution in [-0.2, 0) is 9.53 Å². The Morgan fingerprint density at radius 1 is 1.06 bits per heavy atom. The van der Waals surface area contributed by atoms with Gasteiger partial charge in [0.05, 0.1) is 11.7 Å². The van der Waals surface area contributed by atoms with Gasteiger partial charge in [0.25, 0.3) is 0 Å². The molecule has 5 aliphatic carbocycles. The molecule has 1 saturated heterocycles. The molecule has 5 saturated carbocycles. The van der Waals surface area contributed by atoms with Gasteiger partial charge in [-0.3, -0.25) is 4.79 Å². The number of hydrogen-bond acceptors (Lipinski definition) is 3. The maximum absolute atomic E-state index is 13.3. The minimum atomic E-state index is -0.553. The normalized spacial score (nSPS) is 50.6. The van der Waals surface area contributed by atoms with Crippen molar-refractivity contribution in [2.75, 3.05) is 20.2 Å². The molecule has 4 nitrogen and oxygen atoms in total. The average Bonchev–Trinajstić information content (AvgIpc) is 3.35. The van der Waals surface area contributed by atoms with E-state index in [4.69, 9.17) is 4.74 Å². The Morgan fingerprint density at radius 2 is 1.80 bits per heavy atom. The van der Waals surface area contributed by atoms with Crippen molar-refractivity contribution < 1.29 is 14.6 Å². The first-order valence-corrected chi connectivity index (χ1v) is 15.1. The van der Waals surface area contributed by atoms with E-state index in [1.54, 1.807) is 0 Å². The lowest BCUT2D eigenvalue weighted by atomic mass is 9.45. The van der Waals surface area contributed by atoms with Crippen LogP contribution in [0.5, 0.6) is 0 Å². The molecule has 35 heavy (non-hydrogen) atoms. The van der Waals surface area contributed by atoms with Crippen LogP contribution in [0.1, 0.15) is 105 Å². The molecule has 1 N–H and O–H groups in total. The SMILES string of the molecule is CCC1(O)CCN(C(=O)C[C@@H](C)[C@H]2CC[C@H]3[C@@H]4CC(OC)C56C[C@H]5CC[C@]6(C)[C@H]4CC[C@]23C)CC1. The lowest BCUT2D eigenvalue weighted by Gasteiger charge is -2.61. The van der Waals surface area contributed by atoms with Crippen molar-refractivity contribution in [1.29, 1.82) is 0 Å². The standard InChI is InChI=1S/C31H51NO3/c1-6-30(34)13-15-32(16-14-30)27(33)17-20(2)23-7-8-24-22-18-26(35-5)31-19-21(31)9-12-29(31,4)25(22)10-11-28(23,24)3/h20-26,34H,6-19H2,1-5H3/t20-,21-,22+,23-,24+,25+,26?,28-,29-,31?/m1/s1. The van der Waals surface area contributed by atoms with Gasteiger partial charge in [0.15, 0.2) is 0 Å². The maximum Gasteiger partial charge on any atom is 0.222 e. The van der Waals surface area contributed by atoms with Crippen LogP contribution in [0.15, 0.2) is 0 Å². The molecular weight excluding hydrogens is 434 g/mol. The lowest BCUT2D eigenvalue weighted by Crippen LogP contribution is -2.57. The number of fused-ring (bicyclic) bond motifs is 4. The van der Waals surface area contributed by atoms with Crippen LogP contribution in [0, 0.1) is 51.8 Å². The monoisotopic (exact) mass is 485 g/mol. The summed E-state index contributed by atoms with van der Waals surface area (Å²) in [5.74, 6) is 4.89. The Balaban J connectivity index is 1.15. The van der Waals surface area contributed by atoms with E-state index in [9.17, 15) is 9.90 Å². The van der Waals surface area contributed by atoms with Gasteiger partial charge in [0.2, 0.25) is 5.91 Å². The summed E-state index contributed by atoms with van der Waals surface area (Å²) < 4.78 is 6.29. The van der Waals surface area contributed by atoms with Crippen LogP contribution in [0.25, 0.3) is 0 Å². The summed E-state index contributed by atoms with van der Waals surface area (Å²) in [4.78, 5) is 15.3. The first-order chi connectivity index (χ1) is 16.6.